The number of rotatable bonds is 0. The quantitative estimate of drug-likeness (QED) is 0.525. The molecule has 12 heavy (non-hydrogen) atoms. The molecule has 0 fully saturated rings. The molecular formula is C9H12N2O. The van der Waals surface area contributed by atoms with Crippen LogP contribution in [-0.4, -0.2) is 29.7 Å². The first-order valence-electron chi connectivity index (χ1n) is 4.39. The van der Waals surface area contributed by atoms with Gasteiger partial charge in [-0.1, -0.05) is 6.08 Å². The van der Waals surface area contributed by atoms with E-state index in [1.165, 1.54) is 0 Å². The monoisotopic (exact) mass is 164 g/mol. The smallest absolute Gasteiger partial charge is 0.231 e. The average molecular weight is 164 g/mol. The highest BCUT2D eigenvalue weighted by Crippen LogP contribution is 2.11. The molecule has 0 spiro atoms. The largest absolute Gasteiger partial charge is 0.297 e. The number of carbonyl (C=O) groups excluding carboxylic acids is 1. The first kappa shape index (κ1) is 7.53. The van der Waals surface area contributed by atoms with Gasteiger partial charge in [0, 0.05) is 19.5 Å². The van der Waals surface area contributed by atoms with E-state index in [-0.39, 0.29) is 5.91 Å². The summed E-state index contributed by atoms with van der Waals surface area (Å²) in [4.78, 5) is 17.5. The van der Waals surface area contributed by atoms with Crippen LogP contribution in [0.15, 0.2) is 17.1 Å². The molecule has 0 N–H and O–H groups in total. The van der Waals surface area contributed by atoms with Gasteiger partial charge in [-0.2, -0.15) is 0 Å². The number of fused-ring (bicyclic) bond motifs is 1. The summed E-state index contributed by atoms with van der Waals surface area (Å²) in [6.07, 6.45) is 6.56. The Hall–Kier alpha value is -1.12. The maximum atomic E-state index is 11.4. The molecular weight excluding hydrogens is 152 g/mol. The molecule has 0 aromatic carbocycles. The second-order valence-electron chi connectivity index (χ2n) is 3.10. The fourth-order valence-corrected chi connectivity index (χ4v) is 1.55. The van der Waals surface area contributed by atoms with E-state index in [1.807, 2.05) is 12.2 Å². The van der Waals surface area contributed by atoms with Crippen LogP contribution >= 0.6 is 0 Å². The predicted octanol–water partition coefficient (Wildman–Crippen LogP) is 0.967. The molecule has 0 saturated carbocycles. The van der Waals surface area contributed by atoms with E-state index in [0.717, 1.165) is 31.8 Å². The molecule has 3 heteroatoms. The molecule has 0 unspecified atom stereocenters. The second kappa shape index (κ2) is 3.09. The van der Waals surface area contributed by atoms with Crippen molar-refractivity contribution >= 4 is 11.7 Å². The first-order valence-corrected chi connectivity index (χ1v) is 4.39. The van der Waals surface area contributed by atoms with Gasteiger partial charge in [-0.05, 0) is 18.9 Å². The molecule has 2 rings (SSSR count). The molecule has 0 saturated heterocycles. The summed E-state index contributed by atoms with van der Waals surface area (Å²) >= 11 is 0. The van der Waals surface area contributed by atoms with E-state index in [4.69, 9.17) is 0 Å². The normalized spacial score (nSPS) is 23.2. The summed E-state index contributed by atoms with van der Waals surface area (Å²) in [5, 5.41) is 0. The Kier molecular flexibility index (Phi) is 1.94. The maximum Gasteiger partial charge on any atom is 0.231 e. The van der Waals surface area contributed by atoms with E-state index >= 15 is 0 Å². The molecule has 0 aliphatic carbocycles. The summed E-state index contributed by atoms with van der Waals surface area (Å²) < 4.78 is 0. The van der Waals surface area contributed by atoms with Gasteiger partial charge in [-0.3, -0.25) is 14.7 Å². The molecule has 2 aliphatic heterocycles. The topological polar surface area (TPSA) is 32.7 Å². The summed E-state index contributed by atoms with van der Waals surface area (Å²) in [6, 6.07) is 0. The van der Waals surface area contributed by atoms with Crippen molar-refractivity contribution in [3.05, 3.63) is 12.2 Å². The third-order valence-corrected chi connectivity index (χ3v) is 2.20. The average Bonchev–Trinajstić information content (AvgIpc) is 2.30. The van der Waals surface area contributed by atoms with Gasteiger partial charge in [0.15, 0.2) is 0 Å². The molecule has 0 aromatic rings. The van der Waals surface area contributed by atoms with Crippen LogP contribution in [0.3, 0.4) is 0 Å². The van der Waals surface area contributed by atoms with E-state index in [2.05, 4.69) is 4.99 Å². The molecule has 3 nitrogen and oxygen atoms in total. The van der Waals surface area contributed by atoms with E-state index in [9.17, 15) is 4.79 Å². The Morgan fingerprint density at radius 1 is 1.42 bits per heavy atom. The summed E-state index contributed by atoms with van der Waals surface area (Å²) in [6.45, 7) is 1.71. The van der Waals surface area contributed by atoms with Gasteiger partial charge in [0.2, 0.25) is 5.91 Å². The van der Waals surface area contributed by atoms with Crippen LogP contribution in [0.1, 0.15) is 19.3 Å². The summed E-state index contributed by atoms with van der Waals surface area (Å²) in [7, 11) is 0. The Morgan fingerprint density at radius 2 is 2.33 bits per heavy atom. The lowest BCUT2D eigenvalue weighted by atomic mass is 10.2. The minimum Gasteiger partial charge on any atom is -0.297 e. The lowest BCUT2D eigenvalue weighted by Crippen LogP contribution is -2.37. The number of amides is 1. The second-order valence-corrected chi connectivity index (χ2v) is 3.10. The molecule has 0 radical (unpaired) electrons. The van der Waals surface area contributed by atoms with Crippen molar-refractivity contribution in [2.24, 2.45) is 4.99 Å². The fraction of sp³-hybridized carbons (Fsp3) is 0.556. The van der Waals surface area contributed by atoms with Crippen LogP contribution < -0.4 is 0 Å². The van der Waals surface area contributed by atoms with Crippen molar-refractivity contribution in [1.29, 1.82) is 0 Å². The molecule has 2 aliphatic rings. The van der Waals surface area contributed by atoms with Gasteiger partial charge in [0.1, 0.15) is 5.84 Å². The van der Waals surface area contributed by atoms with Crippen molar-refractivity contribution in [2.45, 2.75) is 19.3 Å². The van der Waals surface area contributed by atoms with Crippen LogP contribution in [0.5, 0.6) is 0 Å². The SMILES string of the molecule is O=C1CC=CC2=NCCCCN12. The van der Waals surface area contributed by atoms with Crippen LogP contribution in [0.2, 0.25) is 0 Å². The zero-order chi connectivity index (χ0) is 8.39. The van der Waals surface area contributed by atoms with Crippen LogP contribution in [0, 0.1) is 0 Å². The van der Waals surface area contributed by atoms with E-state index in [0.29, 0.717) is 6.42 Å². The van der Waals surface area contributed by atoms with Crippen molar-refractivity contribution < 1.29 is 4.79 Å². The van der Waals surface area contributed by atoms with Crippen molar-refractivity contribution in [3.8, 4) is 0 Å². The highest BCUT2D eigenvalue weighted by Gasteiger charge is 2.20. The predicted molar refractivity (Wildman–Crippen MR) is 47.0 cm³/mol. The third-order valence-electron chi connectivity index (χ3n) is 2.20. The molecule has 1 amide bonds. The van der Waals surface area contributed by atoms with Gasteiger partial charge in [-0.25, -0.2) is 0 Å². The minimum absolute atomic E-state index is 0.193. The highest BCUT2D eigenvalue weighted by atomic mass is 16.2. The number of hydrogen-bond acceptors (Lipinski definition) is 2. The lowest BCUT2D eigenvalue weighted by molar-refractivity contribution is -0.126. The third kappa shape index (κ3) is 1.26. The van der Waals surface area contributed by atoms with Gasteiger partial charge in [0.05, 0.1) is 0 Å². The van der Waals surface area contributed by atoms with Crippen LogP contribution in [0.25, 0.3) is 0 Å². The molecule has 0 atom stereocenters. The maximum absolute atomic E-state index is 11.4. The minimum atomic E-state index is 0.193. The zero-order valence-corrected chi connectivity index (χ0v) is 6.99. The van der Waals surface area contributed by atoms with Crippen molar-refractivity contribution in [1.82, 2.24) is 4.90 Å². The summed E-state index contributed by atoms with van der Waals surface area (Å²) in [5.41, 5.74) is 0. The van der Waals surface area contributed by atoms with Gasteiger partial charge < -0.3 is 0 Å². The van der Waals surface area contributed by atoms with Gasteiger partial charge in [0.25, 0.3) is 0 Å². The Labute approximate surface area is 71.8 Å². The molecule has 64 valence electrons. The Bertz CT molecular complexity index is 255. The number of amidine groups is 1. The number of aliphatic imine (C=N–C) groups is 1. The van der Waals surface area contributed by atoms with Crippen LogP contribution in [-0.2, 0) is 4.79 Å². The Morgan fingerprint density at radius 3 is 3.25 bits per heavy atom. The van der Waals surface area contributed by atoms with Crippen molar-refractivity contribution in [3.63, 3.8) is 0 Å². The fourth-order valence-electron chi connectivity index (χ4n) is 1.55. The molecule has 0 bridgehead atoms. The Balaban J connectivity index is 2.26. The lowest BCUT2D eigenvalue weighted by Gasteiger charge is -2.22. The summed E-state index contributed by atoms with van der Waals surface area (Å²) in [5.74, 6) is 1.06. The van der Waals surface area contributed by atoms with Crippen LogP contribution in [0.4, 0.5) is 0 Å². The number of carbonyl (C=O) groups is 1. The number of hydrogen-bond donors (Lipinski definition) is 0. The standard InChI is InChI=1S/C9H12N2O/c12-9-5-3-4-8-10-6-1-2-7-11(8)9/h3-4H,1-2,5-7H2. The highest BCUT2D eigenvalue weighted by molar-refractivity contribution is 6.07. The first-order chi connectivity index (χ1) is 5.88. The molecule has 0 aromatic heterocycles. The van der Waals surface area contributed by atoms with E-state index in [1.54, 1.807) is 4.90 Å². The van der Waals surface area contributed by atoms with Gasteiger partial charge >= 0.3 is 0 Å². The van der Waals surface area contributed by atoms with E-state index < -0.39 is 0 Å². The molecule has 2 heterocycles. The van der Waals surface area contributed by atoms with Crippen molar-refractivity contribution in [2.75, 3.05) is 13.1 Å². The van der Waals surface area contributed by atoms with Gasteiger partial charge in [-0.15, -0.1) is 0 Å². The zero-order valence-electron chi connectivity index (χ0n) is 6.99. The number of nitrogens with zero attached hydrogens (tertiary/aromatic N) is 2.